The standard InChI is InChI=1S/C23H23ClN2O3/c24-20-8-2-6-18(13-20)22(27)15-25-10-11-26-21-9-3-5-17(14-21)16-4-1-7-19(12-16)23(28)29/h1-9,12-14,22,25-27H,10-11,15H2,(H,28,29)/t22-/m0/s1/i2D,6D,8D,10D2,13D. The van der Waals surface area contributed by atoms with Crippen LogP contribution in [0.4, 0.5) is 5.69 Å². The predicted octanol–water partition coefficient (Wildman–Crippen LogP) is 4.44. The van der Waals surface area contributed by atoms with E-state index in [1.54, 1.807) is 42.5 Å². The highest BCUT2D eigenvalue weighted by molar-refractivity contribution is 6.30. The van der Waals surface area contributed by atoms with Crippen LogP contribution in [0.5, 0.6) is 0 Å². The molecule has 1 atom stereocenters. The third-order valence-electron chi connectivity index (χ3n) is 4.05. The average molecular weight is 417 g/mol. The Bertz CT molecular complexity index is 1230. The van der Waals surface area contributed by atoms with E-state index in [4.69, 9.17) is 19.8 Å². The summed E-state index contributed by atoms with van der Waals surface area (Å²) in [6.45, 7) is -2.56. The van der Waals surface area contributed by atoms with Crippen LogP contribution in [0.2, 0.25) is 5.02 Å². The Balaban J connectivity index is 1.67. The van der Waals surface area contributed by atoms with E-state index in [1.165, 1.54) is 6.07 Å². The van der Waals surface area contributed by atoms with Gasteiger partial charge < -0.3 is 20.8 Å². The van der Waals surface area contributed by atoms with Crippen molar-refractivity contribution in [2.75, 3.05) is 24.9 Å². The zero-order valence-corrected chi connectivity index (χ0v) is 16.0. The first-order chi connectivity index (χ1) is 16.4. The van der Waals surface area contributed by atoms with Crippen molar-refractivity contribution in [1.82, 2.24) is 5.32 Å². The lowest BCUT2D eigenvalue weighted by molar-refractivity contribution is 0.0697. The fraction of sp³-hybridized carbons (Fsp3) is 0.174. The van der Waals surface area contributed by atoms with Crippen molar-refractivity contribution >= 4 is 23.3 Å². The van der Waals surface area contributed by atoms with Crippen molar-refractivity contribution in [3.05, 3.63) is 88.9 Å². The molecule has 0 amide bonds. The van der Waals surface area contributed by atoms with Crippen LogP contribution in [-0.4, -0.2) is 35.8 Å². The van der Waals surface area contributed by atoms with Gasteiger partial charge in [-0.05, 0) is 53.0 Å². The van der Waals surface area contributed by atoms with E-state index in [0.717, 1.165) is 5.56 Å². The molecule has 0 heterocycles. The highest BCUT2D eigenvalue weighted by atomic mass is 35.5. The lowest BCUT2D eigenvalue weighted by atomic mass is 10.0. The van der Waals surface area contributed by atoms with Gasteiger partial charge in [0.1, 0.15) is 0 Å². The zero-order valence-electron chi connectivity index (χ0n) is 21.3. The lowest BCUT2D eigenvalue weighted by Crippen LogP contribution is -2.26. The van der Waals surface area contributed by atoms with Crippen molar-refractivity contribution in [1.29, 1.82) is 0 Å². The van der Waals surface area contributed by atoms with E-state index in [0.29, 0.717) is 11.3 Å². The molecule has 29 heavy (non-hydrogen) atoms. The Morgan fingerprint density at radius 2 is 1.93 bits per heavy atom. The number of aromatic carboxylic acids is 1. The molecule has 0 aromatic heterocycles. The Kier molecular flexibility index (Phi) is 4.92. The van der Waals surface area contributed by atoms with Crippen LogP contribution >= 0.6 is 11.6 Å². The van der Waals surface area contributed by atoms with Crippen LogP contribution in [0.1, 0.15) is 30.2 Å². The van der Waals surface area contributed by atoms with Gasteiger partial charge in [0.25, 0.3) is 0 Å². The van der Waals surface area contributed by atoms with Crippen LogP contribution in [0, 0.1) is 0 Å². The van der Waals surface area contributed by atoms with Gasteiger partial charge in [0.15, 0.2) is 0 Å². The average Bonchev–Trinajstić information content (AvgIpc) is 2.84. The summed E-state index contributed by atoms with van der Waals surface area (Å²) in [4.78, 5) is 11.2. The summed E-state index contributed by atoms with van der Waals surface area (Å²) in [5.74, 6) is -1.03. The summed E-state index contributed by atoms with van der Waals surface area (Å²) in [5.41, 5.74) is 1.94. The molecule has 0 saturated heterocycles. The van der Waals surface area contributed by atoms with Crippen molar-refractivity contribution in [3.8, 4) is 11.1 Å². The van der Waals surface area contributed by atoms with Crippen LogP contribution in [0.3, 0.4) is 0 Å². The van der Waals surface area contributed by atoms with Gasteiger partial charge in [0.05, 0.1) is 17.2 Å². The molecule has 0 unspecified atom stereocenters. The number of hydrogen-bond donors (Lipinski definition) is 4. The summed E-state index contributed by atoms with van der Waals surface area (Å²) >= 11 is 5.87. The van der Waals surface area contributed by atoms with Crippen molar-refractivity contribution in [2.24, 2.45) is 0 Å². The molecular formula is C23H23ClN2O3. The molecule has 150 valence electrons. The van der Waals surface area contributed by atoms with Crippen LogP contribution in [-0.2, 0) is 0 Å². The van der Waals surface area contributed by atoms with E-state index < -0.39 is 42.7 Å². The molecule has 0 saturated carbocycles. The number of aliphatic hydroxyl groups is 1. The Morgan fingerprint density at radius 1 is 1.17 bits per heavy atom. The Morgan fingerprint density at radius 3 is 2.72 bits per heavy atom. The molecule has 0 bridgehead atoms. The highest BCUT2D eigenvalue weighted by Crippen LogP contribution is 2.23. The summed E-state index contributed by atoms with van der Waals surface area (Å²) in [5, 5.41) is 24.8. The third kappa shape index (κ3) is 6.06. The number of anilines is 1. The van der Waals surface area contributed by atoms with Gasteiger partial charge in [-0.1, -0.05) is 48.0 Å². The first-order valence-electron chi connectivity index (χ1n) is 11.8. The van der Waals surface area contributed by atoms with Crippen LogP contribution < -0.4 is 10.6 Å². The van der Waals surface area contributed by atoms with Gasteiger partial charge in [-0.2, -0.15) is 0 Å². The molecule has 0 radical (unpaired) electrons. The van der Waals surface area contributed by atoms with Gasteiger partial charge in [0, 0.05) is 33.0 Å². The third-order valence-corrected chi connectivity index (χ3v) is 4.24. The Labute approximate surface area is 183 Å². The van der Waals surface area contributed by atoms with Crippen molar-refractivity contribution < 1.29 is 23.2 Å². The summed E-state index contributed by atoms with van der Waals surface area (Å²) in [6, 6.07) is 11.6. The molecular weight excluding hydrogens is 388 g/mol. The Hall–Kier alpha value is -2.86. The number of rotatable bonds is 9. The number of nitrogens with one attached hydrogen (secondary N) is 2. The van der Waals surface area contributed by atoms with Gasteiger partial charge in [-0.25, -0.2) is 4.79 Å². The number of hydrogen-bond acceptors (Lipinski definition) is 4. The van der Waals surface area contributed by atoms with Gasteiger partial charge >= 0.3 is 5.97 Å². The highest BCUT2D eigenvalue weighted by Gasteiger charge is 2.07. The van der Waals surface area contributed by atoms with Gasteiger partial charge in [-0.15, -0.1) is 0 Å². The van der Waals surface area contributed by atoms with Crippen LogP contribution in [0.15, 0.2) is 72.7 Å². The second kappa shape index (κ2) is 10.1. The van der Waals surface area contributed by atoms with Crippen molar-refractivity contribution in [2.45, 2.75) is 6.10 Å². The first kappa shape index (κ1) is 14.2. The van der Waals surface area contributed by atoms with Gasteiger partial charge in [-0.3, -0.25) is 0 Å². The van der Waals surface area contributed by atoms with E-state index in [9.17, 15) is 15.0 Å². The molecule has 0 aliphatic heterocycles. The SMILES string of the molecule is [2H]c1c([2H])c(Cl)c([2H])c([C@@H](O)CNC([2H])([2H])CNc2cccc(-c3cccc(C(=O)O)c3)c2)c1[2H]. The lowest BCUT2D eigenvalue weighted by Gasteiger charge is -2.13. The minimum Gasteiger partial charge on any atom is -0.478 e. The van der Waals surface area contributed by atoms with E-state index in [2.05, 4.69) is 10.6 Å². The number of carboxylic acids is 1. The maximum atomic E-state index is 11.2. The monoisotopic (exact) mass is 416 g/mol. The summed E-state index contributed by atoms with van der Waals surface area (Å²) in [7, 11) is 0. The number of carboxylic acid groups (broad SMARTS) is 1. The normalized spacial score (nSPS) is 15.2. The molecule has 6 heteroatoms. The molecule has 5 nitrogen and oxygen atoms in total. The maximum absolute atomic E-state index is 11.2. The maximum Gasteiger partial charge on any atom is 0.335 e. The topological polar surface area (TPSA) is 81.6 Å². The largest absolute Gasteiger partial charge is 0.478 e. The number of aliphatic hydroxyl groups excluding tert-OH is 1. The van der Waals surface area contributed by atoms with E-state index in [1.807, 2.05) is 0 Å². The number of benzene rings is 3. The fourth-order valence-electron chi connectivity index (χ4n) is 2.62. The number of carbonyl (C=O) groups is 1. The van der Waals surface area contributed by atoms with E-state index >= 15 is 0 Å². The smallest absolute Gasteiger partial charge is 0.335 e. The number of halogens is 1. The molecule has 3 aromatic carbocycles. The molecule has 3 aromatic rings. The van der Waals surface area contributed by atoms with Crippen LogP contribution in [0.25, 0.3) is 11.1 Å². The fourth-order valence-corrected chi connectivity index (χ4v) is 2.77. The van der Waals surface area contributed by atoms with Crippen molar-refractivity contribution in [3.63, 3.8) is 0 Å². The second-order valence-corrected chi connectivity index (χ2v) is 6.50. The minimum absolute atomic E-state index is 0.155. The molecule has 0 spiro atoms. The minimum atomic E-state index is -2.01. The predicted molar refractivity (Wildman–Crippen MR) is 117 cm³/mol. The first-order valence-corrected chi connectivity index (χ1v) is 9.15. The van der Waals surface area contributed by atoms with E-state index in [-0.39, 0.29) is 29.2 Å². The zero-order chi connectivity index (χ0) is 25.9. The molecule has 0 aliphatic carbocycles. The molecule has 0 aliphatic rings. The quantitative estimate of drug-likeness (QED) is 0.414. The molecule has 3 rings (SSSR count). The van der Waals surface area contributed by atoms with Gasteiger partial charge in [0.2, 0.25) is 0 Å². The molecule has 0 fully saturated rings. The summed E-state index contributed by atoms with van der Waals surface area (Å²) in [6.07, 6.45) is -1.49. The second-order valence-electron chi connectivity index (χ2n) is 6.12. The summed E-state index contributed by atoms with van der Waals surface area (Å²) < 4.78 is 47.7. The molecule has 4 N–H and O–H groups in total.